The van der Waals surface area contributed by atoms with Crippen LogP contribution in [0.25, 0.3) is 10.8 Å². The van der Waals surface area contributed by atoms with Crippen LogP contribution in [-0.2, 0) is 0 Å². The van der Waals surface area contributed by atoms with E-state index in [0.717, 1.165) is 0 Å². The van der Waals surface area contributed by atoms with Crippen LogP contribution in [0.5, 0.6) is 0 Å². The fraction of sp³-hybridized carbons (Fsp3) is 0. The fourth-order valence-corrected chi connectivity index (χ4v) is 1.68. The van der Waals surface area contributed by atoms with Crippen molar-refractivity contribution in [3.63, 3.8) is 0 Å². The maximum Gasteiger partial charge on any atom is 1.00 e. The zero-order chi connectivity index (χ0) is 11.7. The second-order valence-electron chi connectivity index (χ2n) is 3.32. The summed E-state index contributed by atoms with van der Waals surface area (Å²) in [6.45, 7) is 0. The normalized spacial score (nSPS) is 9.11. The van der Waals surface area contributed by atoms with Crippen LogP contribution >= 0.6 is 0 Å². The minimum absolute atomic E-state index is 0. The summed E-state index contributed by atoms with van der Waals surface area (Å²) in [5.74, 6) is -2.46. The van der Waals surface area contributed by atoms with Crippen molar-refractivity contribution in [3.05, 3.63) is 47.5 Å². The number of rotatable bonds is 2. The molecule has 2 rings (SSSR count). The van der Waals surface area contributed by atoms with Crippen LogP contribution in [0.15, 0.2) is 36.4 Å². The van der Waals surface area contributed by atoms with E-state index < -0.39 is 11.9 Å². The maximum absolute atomic E-state index is 11.1. The Balaban J connectivity index is -0.000000722. The molecule has 2 aromatic rings. The molecule has 0 radical (unpaired) electrons. The van der Waals surface area contributed by atoms with Gasteiger partial charge in [0.2, 0.25) is 0 Å². The van der Waals surface area contributed by atoms with Gasteiger partial charge < -0.3 is 13.1 Å². The van der Waals surface area contributed by atoms with Crippen LogP contribution in [0, 0.1) is 0 Å². The van der Waals surface area contributed by atoms with E-state index in [0.29, 0.717) is 10.8 Å². The molecule has 6 heteroatoms. The number of carbonyl (C=O) groups is 2. The third-order valence-electron chi connectivity index (χ3n) is 2.37. The average Bonchev–Trinajstić information content (AvgIpc) is 2.27. The molecule has 0 saturated carbocycles. The molecule has 2 aromatic carbocycles. The first-order chi connectivity index (χ1) is 7.61. The van der Waals surface area contributed by atoms with E-state index in [-0.39, 0.29) is 51.7 Å². The Labute approximate surface area is 130 Å². The number of carboxylic acid groups (broad SMARTS) is 2. The maximum atomic E-state index is 11.1. The first-order valence-electron chi connectivity index (χ1n) is 4.59. The second kappa shape index (κ2) is 6.68. The number of aromatic carboxylic acids is 2. The second-order valence-corrected chi connectivity index (χ2v) is 3.32. The molecule has 2 N–H and O–H groups in total. The number of benzene rings is 2. The van der Waals surface area contributed by atoms with Gasteiger partial charge in [-0.2, -0.15) is 0 Å². The number of fused-ring (bicyclic) bond motifs is 1. The zero-order valence-corrected chi connectivity index (χ0v) is 10.2. The smallest absolute Gasteiger partial charge is 1.00 e. The van der Waals surface area contributed by atoms with Gasteiger partial charge in [-0.3, -0.25) is 0 Å². The average molecular weight is 232 g/mol. The summed E-state index contributed by atoms with van der Waals surface area (Å²) < 4.78 is 0. The molecule has 0 amide bonds. The molecular weight excluding hydrogens is 222 g/mol. The Hall–Kier alpha value is -1.17. The molecule has 18 heavy (non-hydrogen) atoms. The van der Waals surface area contributed by atoms with E-state index >= 15 is 0 Å². The summed E-state index contributed by atoms with van der Waals surface area (Å²) in [7, 11) is 0. The molecule has 0 aliphatic carbocycles. The van der Waals surface area contributed by atoms with Gasteiger partial charge in [-0.1, -0.05) is 30.3 Å². The predicted molar refractivity (Wildman–Crippen MR) is 60.1 cm³/mol. The van der Waals surface area contributed by atoms with Crippen molar-refractivity contribution in [1.29, 1.82) is 0 Å². The minimum Gasteiger partial charge on any atom is -1.00 e. The Morgan fingerprint density at radius 3 is 2.06 bits per heavy atom. The summed E-state index contributed by atoms with van der Waals surface area (Å²) in [6.07, 6.45) is 0. The Morgan fingerprint density at radius 2 is 1.50 bits per heavy atom. The SMILES string of the molecule is O=C(O)c1ccc2ccccc2c1C(=O)O.[H-].[H-].[Li+].[Li+]. The standard InChI is InChI=1S/C12H8O4.2Li.2H/c13-11(14)9-6-5-7-3-1-2-4-8(7)10(9)12(15)16;;;;/h1-6H,(H,13,14)(H,15,16);;;;/q;2*+1;2*-1. The van der Waals surface area contributed by atoms with E-state index in [4.69, 9.17) is 10.2 Å². The number of hydrogen-bond acceptors (Lipinski definition) is 2. The molecule has 0 unspecified atom stereocenters. The van der Waals surface area contributed by atoms with Crippen LogP contribution in [0.4, 0.5) is 0 Å². The first kappa shape index (κ1) is 16.8. The van der Waals surface area contributed by atoms with Gasteiger partial charge >= 0.3 is 49.7 Å². The Kier molecular flexibility index (Phi) is 6.25. The monoisotopic (exact) mass is 232 g/mol. The third kappa shape index (κ3) is 2.99. The number of hydrogen-bond donors (Lipinski definition) is 2. The molecule has 0 fully saturated rings. The van der Waals surface area contributed by atoms with Crippen molar-refractivity contribution >= 4 is 22.7 Å². The van der Waals surface area contributed by atoms with E-state index in [1.165, 1.54) is 6.07 Å². The molecule has 0 spiro atoms. The van der Waals surface area contributed by atoms with Crippen molar-refractivity contribution < 1.29 is 60.4 Å². The van der Waals surface area contributed by atoms with Crippen molar-refractivity contribution in [2.75, 3.05) is 0 Å². The van der Waals surface area contributed by atoms with Crippen LogP contribution in [0.2, 0.25) is 0 Å². The van der Waals surface area contributed by atoms with Gasteiger partial charge in [-0.15, -0.1) is 0 Å². The van der Waals surface area contributed by atoms with Crippen molar-refractivity contribution in [2.45, 2.75) is 0 Å². The number of carboxylic acids is 2. The van der Waals surface area contributed by atoms with Crippen LogP contribution in [0.3, 0.4) is 0 Å². The molecule has 0 aliphatic rings. The van der Waals surface area contributed by atoms with Crippen molar-refractivity contribution in [1.82, 2.24) is 0 Å². The van der Waals surface area contributed by atoms with E-state index in [1.54, 1.807) is 30.3 Å². The molecule has 0 aromatic heterocycles. The van der Waals surface area contributed by atoms with Gasteiger partial charge in [0.05, 0.1) is 11.1 Å². The minimum atomic E-state index is -1.23. The van der Waals surface area contributed by atoms with E-state index in [2.05, 4.69) is 0 Å². The molecule has 4 nitrogen and oxygen atoms in total. The summed E-state index contributed by atoms with van der Waals surface area (Å²) in [5.41, 5.74) is -0.350. The van der Waals surface area contributed by atoms with Crippen LogP contribution < -0.4 is 37.7 Å². The molecule has 0 heterocycles. The van der Waals surface area contributed by atoms with Gasteiger partial charge in [0, 0.05) is 0 Å². The molecule has 84 valence electrons. The summed E-state index contributed by atoms with van der Waals surface area (Å²) in [4.78, 5) is 22.0. The molecule has 0 saturated heterocycles. The first-order valence-corrected chi connectivity index (χ1v) is 4.59. The molecular formula is C12H10Li2O4. The van der Waals surface area contributed by atoms with Crippen molar-refractivity contribution in [3.8, 4) is 0 Å². The summed E-state index contributed by atoms with van der Waals surface area (Å²) in [5, 5.41) is 19.1. The third-order valence-corrected chi connectivity index (χ3v) is 2.37. The largest absolute Gasteiger partial charge is 1.00 e. The quantitative estimate of drug-likeness (QED) is 0.526. The van der Waals surface area contributed by atoms with Gasteiger partial charge in [-0.05, 0) is 16.8 Å². The Morgan fingerprint density at radius 1 is 0.889 bits per heavy atom. The van der Waals surface area contributed by atoms with Gasteiger partial charge in [0.25, 0.3) is 0 Å². The fourth-order valence-electron chi connectivity index (χ4n) is 1.68. The zero-order valence-electron chi connectivity index (χ0n) is 12.2. The van der Waals surface area contributed by atoms with E-state index in [9.17, 15) is 9.59 Å². The molecule has 0 aliphatic heterocycles. The molecule has 0 atom stereocenters. The predicted octanol–water partition coefficient (Wildman–Crippen LogP) is -3.53. The van der Waals surface area contributed by atoms with Gasteiger partial charge in [-0.25, -0.2) is 9.59 Å². The summed E-state index contributed by atoms with van der Waals surface area (Å²) in [6, 6.07) is 9.72. The van der Waals surface area contributed by atoms with Gasteiger partial charge in [0.1, 0.15) is 0 Å². The summed E-state index contributed by atoms with van der Waals surface area (Å²) >= 11 is 0. The topological polar surface area (TPSA) is 74.6 Å². The van der Waals surface area contributed by atoms with Gasteiger partial charge in [0.15, 0.2) is 0 Å². The van der Waals surface area contributed by atoms with Crippen molar-refractivity contribution in [2.24, 2.45) is 0 Å². The van der Waals surface area contributed by atoms with Crippen LogP contribution in [-0.4, -0.2) is 22.2 Å². The van der Waals surface area contributed by atoms with E-state index in [1.807, 2.05) is 0 Å². The van der Waals surface area contributed by atoms with Crippen LogP contribution in [0.1, 0.15) is 23.6 Å². The Bertz CT molecular complexity index is 605. The molecule has 0 bridgehead atoms.